The number of carbonyl (C=O) groups excluding carboxylic acids is 1. The van der Waals surface area contributed by atoms with E-state index in [9.17, 15) is 4.79 Å². The van der Waals surface area contributed by atoms with Gasteiger partial charge in [-0.2, -0.15) is 0 Å². The van der Waals surface area contributed by atoms with E-state index < -0.39 is 21.7 Å². The first kappa shape index (κ1) is 8.11. The summed E-state index contributed by atoms with van der Waals surface area (Å²) in [5.74, 6) is 0.180. The average molecular weight is 242 g/mol. The van der Waals surface area contributed by atoms with E-state index in [0.29, 0.717) is 0 Å². The van der Waals surface area contributed by atoms with E-state index >= 15 is 0 Å². The predicted octanol–water partition coefficient (Wildman–Crippen LogP) is 0.198. The molecule has 1 amide bonds. The molecular weight excluding hydrogens is 231 g/mol. The summed E-state index contributed by atoms with van der Waals surface area (Å²) >= 11 is -1.64. The van der Waals surface area contributed by atoms with Gasteiger partial charge in [-0.3, -0.25) is 0 Å². The number of carbonyl (C=O) groups is 1. The van der Waals surface area contributed by atoms with E-state index in [1.54, 1.807) is 7.05 Å². The Hall–Kier alpha value is 0.0101. The van der Waals surface area contributed by atoms with E-state index in [1.807, 2.05) is 6.21 Å². The van der Waals surface area contributed by atoms with Crippen LogP contribution < -0.4 is 5.32 Å². The Kier molecular flexibility index (Phi) is 3.25. The zero-order valence-corrected chi connectivity index (χ0v) is 9.43. The Balaban J connectivity index is 2.24. The van der Waals surface area contributed by atoms with E-state index in [1.165, 1.54) is 4.18 Å². The molecule has 10 heavy (non-hydrogen) atoms. The Morgan fingerprint density at radius 3 is 3.20 bits per heavy atom. The van der Waals surface area contributed by atoms with Crippen LogP contribution in [-0.2, 0) is 4.79 Å². The fourth-order valence-corrected chi connectivity index (χ4v) is 6.95. The van der Waals surface area contributed by atoms with Gasteiger partial charge < -0.3 is 0 Å². The molecule has 1 N–H and O–H groups in total. The molecule has 0 aromatic rings. The van der Waals surface area contributed by atoms with Crippen LogP contribution in [0.15, 0.2) is 2.98 Å². The number of amides is 1. The summed E-state index contributed by atoms with van der Waals surface area (Å²) in [6.45, 7) is 0. The van der Waals surface area contributed by atoms with Crippen molar-refractivity contribution < 1.29 is 4.79 Å². The third-order valence-corrected chi connectivity index (χ3v) is 8.71. The van der Waals surface area contributed by atoms with Crippen molar-refractivity contribution in [3.05, 3.63) is 0 Å². The molecule has 54 valence electrons. The summed E-state index contributed by atoms with van der Waals surface area (Å²) in [6.07, 6.45) is 3.11. The molecule has 0 atom stereocenters. The number of hydrogen-bond donors (Lipinski definition) is 1. The quantitative estimate of drug-likeness (QED) is 0.738. The van der Waals surface area contributed by atoms with Crippen molar-refractivity contribution in [2.45, 2.75) is 14.8 Å². The molecule has 0 saturated heterocycles. The monoisotopic (exact) mass is 242 g/mol. The Labute approximate surface area is 68.8 Å². The van der Waals surface area contributed by atoms with Crippen molar-refractivity contribution in [1.82, 2.24) is 5.32 Å². The number of nitrogens with zero attached hydrogens (tertiary/aromatic N) is 1. The standard InChI is InChI=1S/C3H6NO.C3H5N.In/c1-3(5)4-2;1-2-3-4;/h1H2,2H3,(H,4,5);3H,1-2H2;/q;-1;+1. The van der Waals surface area contributed by atoms with E-state index in [4.69, 9.17) is 0 Å². The molecule has 0 aliphatic carbocycles. The van der Waals surface area contributed by atoms with Gasteiger partial charge in [-0.15, -0.1) is 0 Å². The zero-order chi connectivity index (χ0) is 7.40. The molecule has 0 aromatic carbocycles. The van der Waals surface area contributed by atoms with Crippen LogP contribution in [0.4, 0.5) is 0 Å². The second-order valence-electron chi connectivity index (χ2n) is 2.44. The van der Waals surface area contributed by atoms with Crippen molar-refractivity contribution >= 4 is 33.8 Å². The molecule has 0 spiro atoms. The topological polar surface area (TPSA) is 41.5 Å². The van der Waals surface area contributed by atoms with Crippen LogP contribution in [0.2, 0.25) is 8.35 Å². The number of rotatable bonds is 2. The Bertz CT molecular complexity index is 158. The van der Waals surface area contributed by atoms with Gasteiger partial charge in [0.2, 0.25) is 0 Å². The maximum absolute atomic E-state index is 10.8. The van der Waals surface area contributed by atoms with Gasteiger partial charge in [0.05, 0.1) is 0 Å². The van der Waals surface area contributed by atoms with E-state index in [0.717, 1.165) is 10.6 Å². The van der Waals surface area contributed by atoms with Crippen LogP contribution in [-0.4, -0.2) is 40.9 Å². The van der Waals surface area contributed by atoms with Crippen molar-refractivity contribution in [2.75, 3.05) is 7.05 Å². The van der Waals surface area contributed by atoms with Gasteiger partial charge in [0.1, 0.15) is 0 Å². The van der Waals surface area contributed by atoms with Crippen molar-refractivity contribution in [3.8, 4) is 0 Å². The van der Waals surface area contributed by atoms with Gasteiger partial charge in [0.15, 0.2) is 0 Å². The normalized spacial score (nSPS) is 15.9. The van der Waals surface area contributed by atoms with Gasteiger partial charge in [0.25, 0.3) is 0 Å². The molecule has 4 heteroatoms. The van der Waals surface area contributed by atoms with E-state index in [2.05, 4.69) is 8.30 Å². The third kappa shape index (κ3) is 2.33. The Morgan fingerprint density at radius 2 is 2.70 bits per heavy atom. The summed E-state index contributed by atoms with van der Waals surface area (Å²) in [5.41, 5.74) is 0. The molecule has 0 radical (unpaired) electrons. The van der Waals surface area contributed by atoms with Crippen molar-refractivity contribution in [1.29, 1.82) is 0 Å². The van der Waals surface area contributed by atoms with E-state index in [-0.39, 0.29) is 5.91 Å². The molecule has 0 aromatic heterocycles. The van der Waals surface area contributed by atoms with Gasteiger partial charge in [-0.1, -0.05) is 0 Å². The molecule has 0 unspecified atom stereocenters. The molecule has 0 bridgehead atoms. The fraction of sp³-hybridized carbons (Fsp3) is 0.667. The molecule has 1 aliphatic heterocycles. The third-order valence-electron chi connectivity index (χ3n) is 1.65. The molecule has 1 aliphatic rings. The fourth-order valence-electron chi connectivity index (χ4n) is 1.04. The second-order valence-corrected chi connectivity index (χ2v) is 9.84. The SMILES string of the molecule is CNC(=O)[CH2][In]1[CH2]CC=[N]1. The summed E-state index contributed by atoms with van der Waals surface area (Å²) in [7, 11) is 1.69. The van der Waals surface area contributed by atoms with Crippen LogP contribution in [0.3, 0.4) is 0 Å². The van der Waals surface area contributed by atoms with Crippen molar-refractivity contribution in [3.63, 3.8) is 0 Å². The van der Waals surface area contributed by atoms with Gasteiger partial charge in [-0.05, 0) is 0 Å². The zero-order valence-electron chi connectivity index (χ0n) is 6.13. The van der Waals surface area contributed by atoms with Crippen LogP contribution in [0.25, 0.3) is 0 Å². The first-order valence-electron chi connectivity index (χ1n) is 3.55. The second kappa shape index (κ2) is 4.01. The minimum atomic E-state index is -1.64. The van der Waals surface area contributed by atoms with Gasteiger partial charge >= 0.3 is 68.8 Å². The number of hydrogen-bond acceptors (Lipinski definition) is 2. The van der Waals surface area contributed by atoms with Crippen LogP contribution in [0.1, 0.15) is 6.42 Å². The molecule has 0 fully saturated rings. The number of nitrogens with one attached hydrogen (secondary N) is 1. The van der Waals surface area contributed by atoms with Gasteiger partial charge in [0, 0.05) is 0 Å². The van der Waals surface area contributed by atoms with Crippen LogP contribution in [0, 0.1) is 0 Å². The molecule has 1 rings (SSSR count). The maximum atomic E-state index is 10.8. The summed E-state index contributed by atoms with van der Waals surface area (Å²) < 4.78 is 6.35. The minimum absolute atomic E-state index is 0.180. The summed E-state index contributed by atoms with van der Waals surface area (Å²) in [6, 6.07) is 0. The predicted molar refractivity (Wildman–Crippen MR) is 42.5 cm³/mol. The van der Waals surface area contributed by atoms with Crippen molar-refractivity contribution in [2.24, 2.45) is 2.98 Å². The molecule has 1 heterocycles. The van der Waals surface area contributed by atoms with Gasteiger partial charge in [-0.25, -0.2) is 0 Å². The summed E-state index contributed by atoms with van der Waals surface area (Å²) in [5, 5.41) is 2.63. The van der Waals surface area contributed by atoms with Crippen LogP contribution in [0.5, 0.6) is 0 Å². The first-order valence-corrected chi connectivity index (χ1v) is 9.68. The molecule has 3 nitrogen and oxygen atoms in total. The molecule has 0 saturated carbocycles. The average Bonchev–Trinajstić information content (AvgIpc) is 2.40. The first-order chi connectivity index (χ1) is 4.83. The summed E-state index contributed by atoms with van der Waals surface area (Å²) in [4.78, 5) is 10.8. The molecular formula is C6H11InN2O. The van der Waals surface area contributed by atoms with Crippen LogP contribution >= 0.6 is 0 Å². The Morgan fingerprint density at radius 1 is 1.90 bits per heavy atom.